The average molecular weight is 425 g/mol. The summed E-state index contributed by atoms with van der Waals surface area (Å²) in [7, 11) is 1.73. The zero-order valence-corrected chi connectivity index (χ0v) is 16.8. The molecule has 0 bridgehead atoms. The first-order chi connectivity index (χ1) is 14.8. The Hall–Kier alpha value is -4.15. The molecule has 0 atom stereocenters. The predicted molar refractivity (Wildman–Crippen MR) is 109 cm³/mol. The molecule has 11 heteroatoms. The van der Waals surface area contributed by atoms with Crippen LogP contribution in [0.2, 0.25) is 0 Å². The number of anilines is 1. The van der Waals surface area contributed by atoms with Gasteiger partial charge in [-0.2, -0.15) is 0 Å². The van der Waals surface area contributed by atoms with Crippen molar-refractivity contribution in [3.05, 3.63) is 74.4 Å². The Balaban J connectivity index is 1.44. The molecule has 1 aliphatic heterocycles. The van der Waals surface area contributed by atoms with Gasteiger partial charge in [-0.05, 0) is 25.1 Å². The van der Waals surface area contributed by atoms with Crippen molar-refractivity contribution in [2.75, 3.05) is 18.4 Å². The number of amides is 2. The summed E-state index contributed by atoms with van der Waals surface area (Å²) in [5.41, 5.74) is 1.10. The lowest BCUT2D eigenvalue weighted by Gasteiger charge is -2.37. The monoisotopic (exact) mass is 425 g/mol. The summed E-state index contributed by atoms with van der Waals surface area (Å²) in [5.74, 6) is -2.08. The molecule has 0 aliphatic carbocycles. The maximum Gasteiger partial charge on any atom is 0.433 e. The molecule has 11 nitrogen and oxygen atoms in total. The predicted octanol–water partition coefficient (Wildman–Crippen LogP) is 1.70. The highest BCUT2D eigenvalue weighted by molar-refractivity contribution is 5.97. The highest BCUT2D eigenvalue weighted by Gasteiger charge is 2.38. The Labute approximate surface area is 175 Å². The van der Waals surface area contributed by atoms with Crippen LogP contribution in [0.1, 0.15) is 16.2 Å². The number of carbonyl (C=O) groups excluding carboxylic acids is 2. The van der Waals surface area contributed by atoms with Crippen molar-refractivity contribution >= 4 is 23.4 Å². The summed E-state index contributed by atoms with van der Waals surface area (Å²) in [6.45, 7) is 1.98. The maximum atomic E-state index is 12.9. The first-order valence-electron chi connectivity index (χ1n) is 9.46. The average Bonchev–Trinajstić information content (AvgIpc) is 3.28. The van der Waals surface area contributed by atoms with Crippen LogP contribution >= 0.6 is 0 Å². The van der Waals surface area contributed by atoms with Gasteiger partial charge in [0.15, 0.2) is 5.76 Å². The standard InChI is InChI=1S/C20H19N5O6/c1-12-17(20(28)24(22(12)2)14-6-4-3-5-7-14)21-18(26)13-10-23(11-13)19(27)15-8-9-16(31-15)25(29)30/h3-9,13H,10-11H2,1-2H3,(H,21,26). The van der Waals surface area contributed by atoms with Gasteiger partial charge in [0.25, 0.3) is 11.5 Å². The van der Waals surface area contributed by atoms with Crippen LogP contribution in [0.15, 0.2) is 51.7 Å². The van der Waals surface area contributed by atoms with Crippen LogP contribution in [-0.2, 0) is 11.8 Å². The number of furan rings is 1. The molecule has 1 aromatic carbocycles. The molecule has 0 spiro atoms. The van der Waals surface area contributed by atoms with Crippen LogP contribution in [0.25, 0.3) is 5.69 Å². The fourth-order valence-corrected chi connectivity index (χ4v) is 3.44. The van der Waals surface area contributed by atoms with Gasteiger partial charge in [0.05, 0.1) is 23.4 Å². The van der Waals surface area contributed by atoms with Gasteiger partial charge >= 0.3 is 5.88 Å². The topological polar surface area (TPSA) is 133 Å². The number of nitrogens with zero attached hydrogens (tertiary/aromatic N) is 4. The quantitative estimate of drug-likeness (QED) is 0.489. The van der Waals surface area contributed by atoms with E-state index in [0.29, 0.717) is 11.4 Å². The highest BCUT2D eigenvalue weighted by Crippen LogP contribution is 2.24. The van der Waals surface area contributed by atoms with E-state index in [4.69, 9.17) is 4.42 Å². The Kier molecular flexibility index (Phi) is 4.93. The van der Waals surface area contributed by atoms with Crippen LogP contribution in [0, 0.1) is 23.0 Å². The van der Waals surface area contributed by atoms with Crippen molar-refractivity contribution in [2.24, 2.45) is 13.0 Å². The van der Waals surface area contributed by atoms with Crippen molar-refractivity contribution in [1.82, 2.24) is 14.3 Å². The van der Waals surface area contributed by atoms with E-state index in [1.165, 1.54) is 15.6 Å². The molecule has 1 saturated heterocycles. The Morgan fingerprint density at radius 2 is 1.84 bits per heavy atom. The molecule has 3 heterocycles. The van der Waals surface area contributed by atoms with E-state index in [9.17, 15) is 24.5 Å². The van der Waals surface area contributed by atoms with Gasteiger partial charge in [0.1, 0.15) is 10.6 Å². The number of hydrogen-bond donors (Lipinski definition) is 1. The molecule has 160 valence electrons. The molecule has 2 amide bonds. The molecule has 0 unspecified atom stereocenters. The second kappa shape index (κ2) is 7.59. The van der Waals surface area contributed by atoms with Crippen LogP contribution in [0.4, 0.5) is 11.6 Å². The lowest BCUT2D eigenvalue weighted by Crippen LogP contribution is -2.54. The van der Waals surface area contributed by atoms with Gasteiger partial charge < -0.3 is 14.6 Å². The molecular formula is C20H19N5O6. The molecule has 1 fully saturated rings. The SMILES string of the molecule is Cc1c(NC(=O)C2CN(C(=O)c3ccc([N+](=O)[O-])o3)C2)c(=O)n(-c2ccccc2)n1C. The number of rotatable bonds is 5. The van der Waals surface area contributed by atoms with E-state index in [2.05, 4.69) is 5.32 Å². The van der Waals surface area contributed by atoms with E-state index in [-0.39, 0.29) is 36.0 Å². The minimum absolute atomic E-state index is 0.123. The normalized spacial score (nSPS) is 13.7. The number of para-hydroxylation sites is 1. The van der Waals surface area contributed by atoms with Gasteiger partial charge in [0, 0.05) is 20.1 Å². The van der Waals surface area contributed by atoms with Crippen molar-refractivity contribution < 1.29 is 18.9 Å². The number of aromatic nitrogens is 2. The van der Waals surface area contributed by atoms with Crippen molar-refractivity contribution in [2.45, 2.75) is 6.92 Å². The van der Waals surface area contributed by atoms with Crippen LogP contribution in [0.5, 0.6) is 0 Å². The van der Waals surface area contributed by atoms with Crippen LogP contribution in [-0.4, -0.2) is 44.1 Å². The van der Waals surface area contributed by atoms with E-state index >= 15 is 0 Å². The second-order valence-corrected chi connectivity index (χ2v) is 7.23. The summed E-state index contributed by atoms with van der Waals surface area (Å²) in [4.78, 5) is 49.2. The Morgan fingerprint density at radius 1 is 1.16 bits per heavy atom. The molecule has 0 radical (unpaired) electrons. The van der Waals surface area contributed by atoms with Crippen molar-refractivity contribution in [1.29, 1.82) is 0 Å². The third kappa shape index (κ3) is 3.50. The van der Waals surface area contributed by atoms with Gasteiger partial charge in [-0.3, -0.25) is 29.2 Å². The first kappa shape index (κ1) is 20.1. The lowest BCUT2D eigenvalue weighted by atomic mass is 9.98. The fraction of sp³-hybridized carbons (Fsp3) is 0.250. The Bertz CT molecular complexity index is 1230. The molecular weight excluding hydrogens is 406 g/mol. The molecule has 31 heavy (non-hydrogen) atoms. The summed E-state index contributed by atoms with van der Waals surface area (Å²) in [6, 6.07) is 11.4. The van der Waals surface area contributed by atoms with E-state index < -0.39 is 22.6 Å². The van der Waals surface area contributed by atoms with Crippen molar-refractivity contribution in [3.8, 4) is 5.69 Å². The summed E-state index contributed by atoms with van der Waals surface area (Å²) >= 11 is 0. The number of hydrogen-bond acceptors (Lipinski definition) is 6. The third-order valence-corrected chi connectivity index (χ3v) is 5.32. The summed E-state index contributed by atoms with van der Waals surface area (Å²) < 4.78 is 8.03. The zero-order chi connectivity index (χ0) is 22.3. The molecule has 0 saturated carbocycles. The van der Waals surface area contributed by atoms with Gasteiger partial charge in [-0.25, -0.2) is 4.68 Å². The summed E-state index contributed by atoms with van der Waals surface area (Å²) in [6.07, 6.45) is 0. The molecule has 1 N–H and O–H groups in total. The maximum absolute atomic E-state index is 12.9. The third-order valence-electron chi connectivity index (χ3n) is 5.32. The van der Waals surface area contributed by atoms with Gasteiger partial charge in [-0.1, -0.05) is 18.2 Å². The second-order valence-electron chi connectivity index (χ2n) is 7.23. The van der Waals surface area contributed by atoms with E-state index in [1.54, 1.807) is 30.8 Å². The number of benzene rings is 1. The van der Waals surface area contributed by atoms with Gasteiger partial charge in [-0.15, -0.1) is 0 Å². The zero-order valence-electron chi connectivity index (χ0n) is 16.8. The molecule has 3 aromatic rings. The largest absolute Gasteiger partial charge is 0.433 e. The number of likely N-dealkylation sites (tertiary alicyclic amines) is 1. The fourth-order valence-electron chi connectivity index (χ4n) is 3.44. The van der Waals surface area contributed by atoms with E-state index in [0.717, 1.165) is 6.07 Å². The number of nitrogens with one attached hydrogen (secondary N) is 1. The number of carbonyl (C=O) groups is 2. The lowest BCUT2D eigenvalue weighted by molar-refractivity contribution is -0.402. The van der Waals surface area contributed by atoms with Gasteiger partial charge in [0.2, 0.25) is 5.91 Å². The summed E-state index contributed by atoms with van der Waals surface area (Å²) in [5, 5.41) is 13.4. The molecule has 2 aromatic heterocycles. The smallest absolute Gasteiger partial charge is 0.395 e. The van der Waals surface area contributed by atoms with Crippen LogP contribution in [0.3, 0.4) is 0 Å². The minimum atomic E-state index is -0.729. The Morgan fingerprint density at radius 3 is 2.45 bits per heavy atom. The highest BCUT2D eigenvalue weighted by atomic mass is 16.6. The van der Waals surface area contributed by atoms with E-state index in [1.807, 2.05) is 18.2 Å². The van der Waals surface area contributed by atoms with Crippen LogP contribution < -0.4 is 10.9 Å². The number of nitro groups is 1. The minimum Gasteiger partial charge on any atom is -0.395 e. The molecule has 4 rings (SSSR count). The van der Waals surface area contributed by atoms with Crippen molar-refractivity contribution in [3.63, 3.8) is 0 Å². The first-order valence-corrected chi connectivity index (χ1v) is 9.46. The molecule has 1 aliphatic rings.